The molecule has 0 rings (SSSR count). The van der Waals surface area contributed by atoms with Crippen LogP contribution < -0.4 is 0 Å². The molecule has 29 valence electrons. The van der Waals surface area contributed by atoms with Gasteiger partial charge in [-0.1, -0.05) is 0 Å². The molecule has 0 unspecified atom stereocenters. The summed E-state index contributed by atoms with van der Waals surface area (Å²) >= 11 is 0. The van der Waals surface area contributed by atoms with Gasteiger partial charge in [-0.3, -0.25) is 0 Å². The predicted molar refractivity (Wildman–Crippen MR) is 0 cm³/mol. The van der Waals surface area contributed by atoms with Crippen LogP contribution in [-0.4, -0.2) is 0 Å². The van der Waals surface area contributed by atoms with Gasteiger partial charge in [-0.25, -0.2) is 0 Å². The van der Waals surface area contributed by atoms with Gasteiger partial charge in [0, 0.05) is 69.8 Å². The monoisotopic (exact) mass is 219 g/mol. The molecule has 0 aliphatic heterocycles. The fourth-order valence-electron chi connectivity index (χ4n) is 0. The van der Waals surface area contributed by atoms with Crippen LogP contribution in [0.25, 0.3) is 0 Å². The molecule has 4 heavy (non-hydrogen) atoms. The minimum Gasteiger partial charge on any atom is 0 e. The van der Waals surface area contributed by atoms with E-state index in [1.54, 1.807) is 0 Å². The van der Waals surface area contributed by atoms with Crippen molar-refractivity contribution in [1.82, 2.24) is 0 Å². The van der Waals surface area contributed by atoms with E-state index in [2.05, 4.69) is 0 Å². The molecule has 0 saturated carbocycles. The molecule has 0 nitrogen and oxygen atoms in total. The molecule has 0 aromatic heterocycles. The van der Waals surface area contributed by atoms with Crippen molar-refractivity contribution in [1.29, 1.82) is 0 Å². The Bertz CT molecular complexity index is 3.25. The quantitative estimate of drug-likeness (QED) is 0.502. The van der Waals surface area contributed by atoms with Crippen molar-refractivity contribution < 1.29 is 69.8 Å². The van der Waals surface area contributed by atoms with E-state index in [4.69, 9.17) is 0 Å². The van der Waals surface area contributed by atoms with E-state index in [0.717, 1.165) is 0 Å². The van der Waals surface area contributed by atoms with Crippen LogP contribution >= 0.6 is 0 Å². The van der Waals surface area contributed by atoms with Gasteiger partial charge in [0.1, 0.15) is 0 Å². The fourth-order valence-corrected chi connectivity index (χ4v) is 0. The molecule has 0 fully saturated rings. The normalized spacial score (nSPS) is 0. The smallest absolute Gasteiger partial charge is 0 e. The second-order valence-corrected chi connectivity index (χ2v) is 0. The van der Waals surface area contributed by atoms with Gasteiger partial charge in [-0.2, -0.15) is 0 Å². The summed E-state index contributed by atoms with van der Waals surface area (Å²) in [7, 11) is 0. The van der Waals surface area contributed by atoms with Gasteiger partial charge in [0.25, 0.3) is 0 Å². The van der Waals surface area contributed by atoms with E-state index >= 15 is 0 Å². The molecule has 0 spiro atoms. The standard InChI is InChI=1S/3Fe.V. The molecule has 0 N–H and O–H groups in total. The topological polar surface area (TPSA) is 0 Å². The average Bonchev–Trinajstić information content (AvgIpc) is 0. The number of rotatable bonds is 0. The molecular weight excluding hydrogens is 218 g/mol. The Morgan fingerprint density at radius 3 is 0.500 bits per heavy atom. The van der Waals surface area contributed by atoms with Crippen molar-refractivity contribution in [2.75, 3.05) is 0 Å². The third-order valence-electron chi connectivity index (χ3n) is 0. The zero-order chi connectivity index (χ0) is 0. The van der Waals surface area contributed by atoms with Gasteiger partial charge in [-0.05, 0) is 0 Å². The summed E-state index contributed by atoms with van der Waals surface area (Å²) in [5, 5.41) is 0. The van der Waals surface area contributed by atoms with Crippen molar-refractivity contribution in [3.05, 3.63) is 0 Å². The third kappa shape index (κ3) is 8.91. The van der Waals surface area contributed by atoms with E-state index in [0.29, 0.717) is 0 Å². The van der Waals surface area contributed by atoms with Crippen molar-refractivity contribution in [3.63, 3.8) is 0 Å². The maximum absolute atomic E-state index is 0. The van der Waals surface area contributed by atoms with Gasteiger partial charge in [0.05, 0.1) is 0 Å². The van der Waals surface area contributed by atoms with Crippen LogP contribution in [-0.2, 0) is 69.8 Å². The van der Waals surface area contributed by atoms with Crippen LogP contribution in [0.1, 0.15) is 0 Å². The number of hydrogen-bond acceptors (Lipinski definition) is 0. The Kier molecular flexibility index (Phi) is 170. The van der Waals surface area contributed by atoms with Gasteiger partial charge < -0.3 is 0 Å². The second kappa shape index (κ2) is 19.2. The molecule has 0 heterocycles. The van der Waals surface area contributed by atoms with E-state index in [1.165, 1.54) is 0 Å². The molecule has 0 amide bonds. The Morgan fingerprint density at radius 2 is 0.500 bits per heavy atom. The molecule has 1 radical (unpaired) electrons. The summed E-state index contributed by atoms with van der Waals surface area (Å²) in [6, 6.07) is 0. The summed E-state index contributed by atoms with van der Waals surface area (Å²) in [5.74, 6) is 0. The van der Waals surface area contributed by atoms with Crippen LogP contribution in [0.4, 0.5) is 0 Å². The van der Waals surface area contributed by atoms with Crippen LogP contribution in [0.3, 0.4) is 0 Å². The van der Waals surface area contributed by atoms with E-state index < -0.39 is 0 Å². The predicted octanol–water partition coefficient (Wildman–Crippen LogP) is -0.0100. The Hall–Kier alpha value is 2.14. The maximum Gasteiger partial charge on any atom is 0 e. The molecule has 4 heteroatoms. The molecule has 0 aliphatic rings. The minimum absolute atomic E-state index is 0. The van der Waals surface area contributed by atoms with Crippen LogP contribution in [0.15, 0.2) is 0 Å². The summed E-state index contributed by atoms with van der Waals surface area (Å²) in [5.41, 5.74) is 0. The molecule has 0 bridgehead atoms. The van der Waals surface area contributed by atoms with E-state index in [9.17, 15) is 0 Å². The van der Waals surface area contributed by atoms with E-state index in [-0.39, 0.29) is 69.8 Å². The van der Waals surface area contributed by atoms with Crippen LogP contribution in [0.2, 0.25) is 0 Å². The average molecular weight is 218 g/mol. The van der Waals surface area contributed by atoms with Crippen LogP contribution in [0.5, 0.6) is 0 Å². The maximum atomic E-state index is 0. The zero-order valence-corrected chi connectivity index (χ0v) is 6.22. The number of hydrogen-bond donors (Lipinski definition) is 0. The summed E-state index contributed by atoms with van der Waals surface area (Å²) in [6.07, 6.45) is 0. The molecule has 0 aromatic rings. The zero-order valence-electron chi connectivity index (χ0n) is 1.51. The Morgan fingerprint density at radius 1 is 0.500 bits per heavy atom. The largest absolute Gasteiger partial charge is 0 e. The molecule has 0 saturated heterocycles. The van der Waals surface area contributed by atoms with Crippen molar-refractivity contribution >= 4 is 0 Å². The van der Waals surface area contributed by atoms with Crippen molar-refractivity contribution in [2.45, 2.75) is 0 Å². The molecule has 0 aliphatic carbocycles. The van der Waals surface area contributed by atoms with E-state index in [1.807, 2.05) is 0 Å². The first-order valence-corrected chi connectivity index (χ1v) is 0. The summed E-state index contributed by atoms with van der Waals surface area (Å²) < 4.78 is 0. The SMILES string of the molecule is [Fe].[Fe].[Fe].[V]. The first-order valence-electron chi connectivity index (χ1n) is 0. The van der Waals surface area contributed by atoms with Gasteiger partial charge in [-0.15, -0.1) is 0 Å². The Labute approximate surface area is 69.2 Å². The van der Waals surface area contributed by atoms with Gasteiger partial charge >= 0.3 is 0 Å². The third-order valence-corrected chi connectivity index (χ3v) is 0. The summed E-state index contributed by atoms with van der Waals surface area (Å²) in [4.78, 5) is 0. The van der Waals surface area contributed by atoms with Gasteiger partial charge in [0.15, 0.2) is 0 Å². The first-order chi connectivity index (χ1) is 0. The second-order valence-electron chi connectivity index (χ2n) is 0. The minimum atomic E-state index is 0. The van der Waals surface area contributed by atoms with Crippen molar-refractivity contribution in [3.8, 4) is 0 Å². The summed E-state index contributed by atoms with van der Waals surface area (Å²) in [6.45, 7) is 0. The molecule has 0 atom stereocenters. The fraction of sp³-hybridized carbons (Fsp3) is 0. The molecular formula is Fe3V. The van der Waals surface area contributed by atoms with Gasteiger partial charge in [0.2, 0.25) is 0 Å². The van der Waals surface area contributed by atoms with Crippen molar-refractivity contribution in [2.24, 2.45) is 0 Å². The Balaban J connectivity index is 0. The van der Waals surface area contributed by atoms with Crippen LogP contribution in [0, 0.1) is 0 Å². The first kappa shape index (κ1) is 35.4. The molecule has 0 aromatic carbocycles.